The molecular weight excluding hydrogens is 300 g/mol. The first-order valence-electron chi connectivity index (χ1n) is 6.76. The Labute approximate surface area is 132 Å². The van der Waals surface area contributed by atoms with Crippen molar-refractivity contribution in [2.45, 2.75) is 6.92 Å². The number of nitro groups is 1. The fourth-order valence-corrected chi connectivity index (χ4v) is 2.68. The van der Waals surface area contributed by atoms with E-state index in [4.69, 9.17) is 11.6 Å². The summed E-state index contributed by atoms with van der Waals surface area (Å²) >= 11 is 5.89. The quantitative estimate of drug-likeness (QED) is 0.504. The molecule has 5 heteroatoms. The third kappa shape index (κ3) is 2.49. The summed E-state index contributed by atoms with van der Waals surface area (Å²) in [5.41, 5.74) is 3.63. The molecule has 0 aliphatic heterocycles. The van der Waals surface area contributed by atoms with E-state index in [1.807, 2.05) is 49.4 Å². The first-order valence-corrected chi connectivity index (χ1v) is 7.14. The van der Waals surface area contributed by atoms with Gasteiger partial charge in [0, 0.05) is 23.0 Å². The number of benzene rings is 2. The van der Waals surface area contributed by atoms with Gasteiger partial charge in [-0.05, 0) is 37.3 Å². The van der Waals surface area contributed by atoms with E-state index in [9.17, 15) is 10.1 Å². The van der Waals surface area contributed by atoms with Crippen molar-refractivity contribution in [2.24, 2.45) is 0 Å². The van der Waals surface area contributed by atoms with Crippen LogP contribution < -0.4 is 0 Å². The Hall–Kier alpha value is -2.59. The molecule has 0 unspecified atom stereocenters. The normalized spacial score (nSPS) is 10.6. The van der Waals surface area contributed by atoms with Crippen molar-refractivity contribution in [1.82, 2.24) is 4.57 Å². The third-order valence-electron chi connectivity index (χ3n) is 3.53. The third-order valence-corrected chi connectivity index (χ3v) is 3.85. The van der Waals surface area contributed by atoms with Crippen LogP contribution in [0.2, 0.25) is 5.02 Å². The molecule has 0 saturated heterocycles. The number of aryl methyl sites for hydroxylation is 1. The van der Waals surface area contributed by atoms with Gasteiger partial charge < -0.3 is 4.57 Å². The monoisotopic (exact) mass is 312 g/mol. The van der Waals surface area contributed by atoms with Crippen molar-refractivity contribution in [1.29, 1.82) is 0 Å². The van der Waals surface area contributed by atoms with E-state index in [1.165, 1.54) is 6.07 Å². The number of nitro benzene ring substituents is 1. The van der Waals surface area contributed by atoms with Crippen molar-refractivity contribution < 1.29 is 4.92 Å². The number of hydrogen-bond acceptors (Lipinski definition) is 2. The number of nitrogens with zero attached hydrogens (tertiary/aromatic N) is 2. The summed E-state index contributed by atoms with van der Waals surface area (Å²) in [6.07, 6.45) is 0. The van der Waals surface area contributed by atoms with Gasteiger partial charge in [-0.1, -0.05) is 35.9 Å². The molecule has 4 nitrogen and oxygen atoms in total. The lowest BCUT2D eigenvalue weighted by atomic mass is 10.1. The summed E-state index contributed by atoms with van der Waals surface area (Å²) < 4.78 is 2.06. The zero-order valence-electron chi connectivity index (χ0n) is 11.9. The second-order valence-corrected chi connectivity index (χ2v) is 5.36. The predicted molar refractivity (Wildman–Crippen MR) is 87.6 cm³/mol. The number of aromatic nitrogens is 1. The van der Waals surface area contributed by atoms with E-state index in [2.05, 4.69) is 4.57 Å². The smallest absolute Gasteiger partial charge is 0.288 e. The first kappa shape index (κ1) is 14.4. The minimum atomic E-state index is -0.464. The van der Waals surface area contributed by atoms with Gasteiger partial charge in [-0.15, -0.1) is 0 Å². The van der Waals surface area contributed by atoms with Crippen molar-refractivity contribution in [2.75, 3.05) is 0 Å². The van der Waals surface area contributed by atoms with Gasteiger partial charge in [-0.2, -0.15) is 0 Å². The van der Waals surface area contributed by atoms with Crippen LogP contribution in [0.5, 0.6) is 0 Å². The minimum Gasteiger partial charge on any atom is -0.314 e. The molecule has 0 aliphatic rings. The highest BCUT2D eigenvalue weighted by Crippen LogP contribution is 2.32. The molecule has 3 rings (SSSR count). The van der Waals surface area contributed by atoms with Gasteiger partial charge in [0.25, 0.3) is 5.69 Å². The van der Waals surface area contributed by atoms with Crippen LogP contribution in [-0.4, -0.2) is 9.49 Å². The highest BCUT2D eigenvalue weighted by atomic mass is 35.5. The van der Waals surface area contributed by atoms with E-state index >= 15 is 0 Å². The topological polar surface area (TPSA) is 48.1 Å². The van der Waals surface area contributed by atoms with Crippen LogP contribution in [0.15, 0.2) is 60.7 Å². The van der Waals surface area contributed by atoms with Crippen LogP contribution in [0.25, 0.3) is 16.9 Å². The molecule has 0 fully saturated rings. The predicted octanol–water partition coefficient (Wildman–Crippen LogP) is 5.01. The van der Waals surface area contributed by atoms with Gasteiger partial charge >= 0.3 is 0 Å². The molecule has 110 valence electrons. The standard InChI is InChI=1S/C17H13ClN2O2/c1-12-7-10-16(19(12)14-5-3-2-4-6-14)13-8-9-15(18)17(11-13)20(21)22/h2-11H,1H3. The van der Waals surface area contributed by atoms with Gasteiger partial charge in [0.15, 0.2) is 0 Å². The van der Waals surface area contributed by atoms with Crippen LogP contribution in [0.3, 0.4) is 0 Å². The maximum absolute atomic E-state index is 11.1. The lowest BCUT2D eigenvalue weighted by Crippen LogP contribution is -1.99. The summed E-state index contributed by atoms with van der Waals surface area (Å²) in [7, 11) is 0. The Bertz CT molecular complexity index is 841. The second-order valence-electron chi connectivity index (χ2n) is 4.95. The van der Waals surface area contributed by atoms with Crippen molar-refractivity contribution in [3.8, 4) is 16.9 Å². The molecule has 0 aliphatic carbocycles. The van der Waals surface area contributed by atoms with Gasteiger partial charge in [0.1, 0.15) is 5.02 Å². The first-order chi connectivity index (χ1) is 10.6. The highest BCUT2D eigenvalue weighted by Gasteiger charge is 2.16. The second kappa shape index (κ2) is 5.66. The van der Waals surface area contributed by atoms with Gasteiger partial charge in [-0.3, -0.25) is 10.1 Å². The Kier molecular flexibility index (Phi) is 3.69. The van der Waals surface area contributed by atoms with E-state index in [0.29, 0.717) is 0 Å². The van der Waals surface area contributed by atoms with Gasteiger partial charge in [0.05, 0.1) is 10.6 Å². The fourth-order valence-electron chi connectivity index (χ4n) is 2.50. The van der Waals surface area contributed by atoms with Crippen LogP contribution in [0.4, 0.5) is 5.69 Å². The summed E-state index contributed by atoms with van der Waals surface area (Å²) in [5, 5.41) is 11.2. The maximum Gasteiger partial charge on any atom is 0.288 e. The molecule has 2 aromatic carbocycles. The molecule has 0 amide bonds. The number of hydrogen-bond donors (Lipinski definition) is 0. The lowest BCUT2D eigenvalue weighted by Gasteiger charge is -2.12. The Balaban J connectivity index is 2.19. The Morgan fingerprint density at radius 3 is 2.45 bits per heavy atom. The van der Waals surface area contributed by atoms with E-state index in [-0.39, 0.29) is 10.7 Å². The van der Waals surface area contributed by atoms with Crippen LogP contribution in [0.1, 0.15) is 5.69 Å². The molecule has 0 saturated carbocycles. The van der Waals surface area contributed by atoms with Crippen molar-refractivity contribution in [3.05, 3.63) is 81.5 Å². The Morgan fingerprint density at radius 1 is 1.05 bits per heavy atom. The average molecular weight is 313 g/mol. The molecule has 1 heterocycles. The number of halogens is 1. The number of rotatable bonds is 3. The van der Waals surface area contributed by atoms with Crippen molar-refractivity contribution in [3.63, 3.8) is 0 Å². The minimum absolute atomic E-state index is 0.0855. The van der Waals surface area contributed by atoms with E-state index in [1.54, 1.807) is 12.1 Å². The van der Waals surface area contributed by atoms with E-state index in [0.717, 1.165) is 22.6 Å². The van der Waals surface area contributed by atoms with Crippen molar-refractivity contribution >= 4 is 17.3 Å². The molecule has 3 aromatic rings. The van der Waals surface area contributed by atoms with Gasteiger partial charge in [0.2, 0.25) is 0 Å². The highest BCUT2D eigenvalue weighted by molar-refractivity contribution is 6.32. The molecule has 0 radical (unpaired) electrons. The SMILES string of the molecule is Cc1ccc(-c2ccc(Cl)c([N+](=O)[O-])c2)n1-c1ccccc1. The summed E-state index contributed by atoms with van der Waals surface area (Å²) in [6, 6.07) is 18.7. The molecule has 0 atom stereocenters. The molecule has 0 spiro atoms. The molecular formula is C17H13ClN2O2. The maximum atomic E-state index is 11.1. The van der Waals surface area contributed by atoms with Gasteiger partial charge in [-0.25, -0.2) is 0 Å². The van der Waals surface area contributed by atoms with Crippen LogP contribution >= 0.6 is 11.6 Å². The molecule has 22 heavy (non-hydrogen) atoms. The zero-order valence-corrected chi connectivity index (χ0v) is 12.6. The largest absolute Gasteiger partial charge is 0.314 e. The summed E-state index contributed by atoms with van der Waals surface area (Å²) in [4.78, 5) is 10.6. The lowest BCUT2D eigenvalue weighted by molar-refractivity contribution is -0.384. The molecule has 0 bridgehead atoms. The van der Waals surface area contributed by atoms with Crippen LogP contribution in [0, 0.1) is 17.0 Å². The average Bonchev–Trinajstić information content (AvgIpc) is 2.90. The zero-order chi connectivity index (χ0) is 15.7. The Morgan fingerprint density at radius 2 is 1.77 bits per heavy atom. The molecule has 0 N–H and O–H groups in total. The molecule has 1 aromatic heterocycles. The fraction of sp³-hybridized carbons (Fsp3) is 0.0588. The van der Waals surface area contributed by atoms with E-state index < -0.39 is 4.92 Å². The summed E-state index contributed by atoms with van der Waals surface area (Å²) in [6.45, 7) is 2.00. The number of para-hydroxylation sites is 1. The van der Waals surface area contributed by atoms with Crippen LogP contribution in [-0.2, 0) is 0 Å². The summed E-state index contributed by atoms with van der Waals surface area (Å²) in [5.74, 6) is 0.